The van der Waals surface area contributed by atoms with Crippen LogP contribution in [0.3, 0.4) is 0 Å². The van der Waals surface area contributed by atoms with E-state index in [0.717, 1.165) is 9.13 Å². The summed E-state index contributed by atoms with van der Waals surface area (Å²) in [5, 5.41) is 12.8. The lowest BCUT2D eigenvalue weighted by Gasteiger charge is -2.12. The number of nitrogens with one attached hydrogen (secondary N) is 1. The van der Waals surface area contributed by atoms with Crippen LogP contribution >= 0.6 is 34.2 Å². The summed E-state index contributed by atoms with van der Waals surface area (Å²) in [7, 11) is 1.54. The van der Waals surface area contributed by atoms with Gasteiger partial charge in [-0.05, 0) is 76.7 Å². The van der Waals surface area contributed by atoms with Gasteiger partial charge in [-0.3, -0.25) is 4.79 Å². The number of hydrogen-bond acceptors (Lipinski definition) is 4. The third kappa shape index (κ3) is 6.23. The first-order chi connectivity index (χ1) is 15.0. The second-order valence-electron chi connectivity index (χ2n) is 6.42. The fraction of sp³-hybridized carbons (Fsp3) is 0.0833. The maximum absolute atomic E-state index is 12.5. The van der Waals surface area contributed by atoms with Crippen molar-refractivity contribution in [1.29, 1.82) is 5.26 Å². The topological polar surface area (TPSA) is 71.3 Å². The predicted octanol–water partition coefficient (Wildman–Crippen LogP) is 6.08. The molecule has 31 heavy (non-hydrogen) atoms. The summed E-state index contributed by atoms with van der Waals surface area (Å²) in [5.41, 5.74) is 2.05. The van der Waals surface area contributed by atoms with Crippen LogP contribution in [0.2, 0.25) is 5.02 Å². The van der Waals surface area contributed by atoms with Crippen LogP contribution < -0.4 is 14.8 Å². The van der Waals surface area contributed by atoms with Crippen molar-refractivity contribution in [3.8, 4) is 17.6 Å². The molecule has 0 radical (unpaired) electrons. The molecule has 0 aliphatic rings. The first-order valence-electron chi connectivity index (χ1n) is 9.23. The quantitative estimate of drug-likeness (QED) is 0.222. The average Bonchev–Trinajstić information content (AvgIpc) is 2.78. The number of ether oxygens (including phenoxy) is 2. The number of benzene rings is 3. The van der Waals surface area contributed by atoms with Gasteiger partial charge in [-0.1, -0.05) is 35.9 Å². The Balaban J connectivity index is 1.80. The zero-order valence-electron chi connectivity index (χ0n) is 16.6. The predicted molar refractivity (Wildman–Crippen MR) is 130 cm³/mol. The molecule has 0 aromatic heterocycles. The third-order valence-corrected chi connectivity index (χ3v) is 5.39. The minimum absolute atomic E-state index is 0.0271. The van der Waals surface area contributed by atoms with Crippen molar-refractivity contribution in [2.45, 2.75) is 6.61 Å². The van der Waals surface area contributed by atoms with Crippen molar-refractivity contribution in [2.24, 2.45) is 0 Å². The Morgan fingerprint density at radius 2 is 1.87 bits per heavy atom. The molecule has 0 spiro atoms. The number of methoxy groups -OCH3 is 1. The standard InChI is InChI=1S/C24H18ClIN2O3/c1-30-22-11-6-16(13-23(22)31-15-17-4-2-3-5-21(17)25)12-18(14-27)24(29)28-20-9-7-19(26)8-10-20/h2-13H,15H2,1H3,(H,28,29)/b18-12+. The van der Waals surface area contributed by atoms with Crippen LogP contribution in [0, 0.1) is 14.9 Å². The van der Waals surface area contributed by atoms with Gasteiger partial charge in [0, 0.05) is 19.8 Å². The van der Waals surface area contributed by atoms with Crippen LogP contribution in [0.25, 0.3) is 6.08 Å². The van der Waals surface area contributed by atoms with E-state index < -0.39 is 5.91 Å². The zero-order chi connectivity index (χ0) is 22.2. The van der Waals surface area contributed by atoms with Gasteiger partial charge < -0.3 is 14.8 Å². The summed E-state index contributed by atoms with van der Waals surface area (Å²) < 4.78 is 12.3. The molecule has 0 atom stereocenters. The average molecular weight is 545 g/mol. The Morgan fingerprint density at radius 1 is 1.13 bits per heavy atom. The SMILES string of the molecule is COc1ccc(/C=C(\C#N)C(=O)Nc2ccc(I)cc2)cc1OCc1ccccc1Cl. The first-order valence-corrected chi connectivity index (χ1v) is 10.7. The number of anilines is 1. The van der Waals surface area contributed by atoms with Crippen molar-refractivity contribution >= 4 is 51.9 Å². The van der Waals surface area contributed by atoms with Crippen molar-refractivity contribution in [1.82, 2.24) is 0 Å². The lowest BCUT2D eigenvalue weighted by Crippen LogP contribution is -2.13. The van der Waals surface area contributed by atoms with Crippen LogP contribution in [0.1, 0.15) is 11.1 Å². The van der Waals surface area contributed by atoms with Crippen molar-refractivity contribution in [3.63, 3.8) is 0 Å². The van der Waals surface area contributed by atoms with Gasteiger partial charge in [0.2, 0.25) is 0 Å². The van der Waals surface area contributed by atoms with Crippen LogP contribution in [0.4, 0.5) is 5.69 Å². The van der Waals surface area contributed by atoms with E-state index >= 15 is 0 Å². The molecule has 3 aromatic carbocycles. The number of amides is 1. The molecule has 1 N–H and O–H groups in total. The Kier molecular flexibility index (Phi) is 7.93. The Bertz CT molecular complexity index is 1150. The lowest BCUT2D eigenvalue weighted by atomic mass is 10.1. The van der Waals surface area contributed by atoms with Crippen molar-refractivity contribution < 1.29 is 14.3 Å². The van der Waals surface area contributed by atoms with Crippen LogP contribution in [-0.2, 0) is 11.4 Å². The molecule has 0 aliphatic heterocycles. The van der Waals surface area contributed by atoms with Gasteiger partial charge in [0.25, 0.3) is 5.91 Å². The smallest absolute Gasteiger partial charge is 0.266 e. The van der Waals surface area contributed by atoms with Gasteiger partial charge in [0.1, 0.15) is 18.2 Å². The summed E-state index contributed by atoms with van der Waals surface area (Å²) in [6.07, 6.45) is 1.50. The van der Waals surface area contributed by atoms with E-state index in [0.29, 0.717) is 27.8 Å². The highest BCUT2D eigenvalue weighted by Crippen LogP contribution is 2.30. The van der Waals surface area contributed by atoms with Crippen molar-refractivity contribution in [3.05, 3.63) is 92.0 Å². The number of nitrogens with zero attached hydrogens (tertiary/aromatic N) is 1. The van der Waals surface area contributed by atoms with E-state index in [4.69, 9.17) is 21.1 Å². The normalized spacial score (nSPS) is 10.8. The van der Waals surface area contributed by atoms with Gasteiger partial charge >= 0.3 is 0 Å². The molecule has 5 nitrogen and oxygen atoms in total. The molecular formula is C24H18ClIN2O3. The minimum atomic E-state index is -0.488. The molecule has 0 heterocycles. The first kappa shape index (κ1) is 22.7. The fourth-order valence-corrected chi connectivity index (χ4v) is 3.26. The molecule has 0 unspecified atom stereocenters. The van der Waals surface area contributed by atoms with Gasteiger partial charge in [-0.15, -0.1) is 0 Å². The number of carbonyl (C=O) groups is 1. The summed E-state index contributed by atoms with van der Waals surface area (Å²) in [6.45, 7) is 0.252. The number of nitriles is 1. The molecule has 0 saturated heterocycles. The van der Waals surface area contributed by atoms with E-state index in [-0.39, 0.29) is 12.2 Å². The molecule has 0 saturated carbocycles. The molecule has 156 valence electrons. The van der Waals surface area contributed by atoms with Crippen LogP contribution in [0.15, 0.2) is 72.3 Å². The zero-order valence-corrected chi connectivity index (χ0v) is 19.5. The van der Waals surface area contributed by atoms with E-state index in [1.54, 1.807) is 43.5 Å². The molecular weight excluding hydrogens is 527 g/mol. The fourth-order valence-electron chi connectivity index (χ4n) is 2.71. The number of halogens is 2. The molecule has 3 rings (SSSR count). The number of rotatable bonds is 7. The molecule has 3 aromatic rings. The number of carbonyl (C=O) groups excluding carboxylic acids is 1. The van der Waals surface area contributed by atoms with E-state index in [1.807, 2.05) is 36.4 Å². The Morgan fingerprint density at radius 3 is 2.55 bits per heavy atom. The maximum atomic E-state index is 12.5. The van der Waals surface area contributed by atoms with E-state index in [1.165, 1.54) is 6.08 Å². The Labute approximate surface area is 199 Å². The van der Waals surface area contributed by atoms with Gasteiger partial charge in [-0.25, -0.2) is 0 Å². The monoisotopic (exact) mass is 544 g/mol. The third-order valence-electron chi connectivity index (χ3n) is 4.31. The largest absolute Gasteiger partial charge is 0.493 e. The maximum Gasteiger partial charge on any atom is 0.266 e. The lowest BCUT2D eigenvalue weighted by molar-refractivity contribution is -0.112. The summed E-state index contributed by atoms with van der Waals surface area (Å²) in [6, 6.07) is 21.8. The summed E-state index contributed by atoms with van der Waals surface area (Å²) in [5.74, 6) is 0.524. The van der Waals surface area contributed by atoms with Gasteiger partial charge in [0.15, 0.2) is 11.5 Å². The molecule has 0 aliphatic carbocycles. The second-order valence-corrected chi connectivity index (χ2v) is 8.07. The van der Waals surface area contributed by atoms with E-state index in [9.17, 15) is 10.1 Å². The molecule has 0 fully saturated rings. The minimum Gasteiger partial charge on any atom is -0.493 e. The number of hydrogen-bond donors (Lipinski definition) is 1. The summed E-state index contributed by atoms with van der Waals surface area (Å²) in [4.78, 5) is 12.5. The van der Waals surface area contributed by atoms with E-state index in [2.05, 4.69) is 27.9 Å². The highest BCUT2D eigenvalue weighted by Gasteiger charge is 2.12. The Hall–Kier alpha value is -3.02. The molecule has 1 amide bonds. The molecule has 0 bridgehead atoms. The molecule has 7 heteroatoms. The van der Waals surface area contributed by atoms with Crippen LogP contribution in [0.5, 0.6) is 11.5 Å². The van der Waals surface area contributed by atoms with Gasteiger partial charge in [-0.2, -0.15) is 5.26 Å². The summed E-state index contributed by atoms with van der Waals surface area (Å²) >= 11 is 8.37. The van der Waals surface area contributed by atoms with Crippen molar-refractivity contribution in [2.75, 3.05) is 12.4 Å². The van der Waals surface area contributed by atoms with Gasteiger partial charge in [0.05, 0.1) is 7.11 Å². The highest BCUT2D eigenvalue weighted by atomic mass is 127. The highest BCUT2D eigenvalue weighted by molar-refractivity contribution is 14.1. The second kappa shape index (κ2) is 10.8. The van der Waals surface area contributed by atoms with Crippen LogP contribution in [-0.4, -0.2) is 13.0 Å².